The molecular formula is C13H20BrN3O2. The molecular weight excluding hydrogens is 310 g/mol. The lowest BCUT2D eigenvalue weighted by atomic mass is 9.94. The Morgan fingerprint density at radius 2 is 2.21 bits per heavy atom. The highest BCUT2D eigenvalue weighted by atomic mass is 79.9. The molecule has 1 unspecified atom stereocenters. The molecule has 1 N–H and O–H groups in total. The van der Waals surface area contributed by atoms with E-state index < -0.39 is 5.97 Å². The second-order valence-electron chi connectivity index (χ2n) is 5.49. The van der Waals surface area contributed by atoms with Crippen molar-refractivity contribution in [3.8, 4) is 0 Å². The molecule has 0 bridgehead atoms. The normalized spacial score (nSPS) is 21.0. The molecule has 1 fully saturated rings. The van der Waals surface area contributed by atoms with Gasteiger partial charge in [-0.3, -0.25) is 4.68 Å². The third-order valence-electron chi connectivity index (χ3n) is 3.59. The summed E-state index contributed by atoms with van der Waals surface area (Å²) in [7, 11) is 2.11. The van der Waals surface area contributed by atoms with Crippen molar-refractivity contribution in [2.24, 2.45) is 0 Å². The van der Waals surface area contributed by atoms with Crippen LogP contribution in [0.2, 0.25) is 0 Å². The van der Waals surface area contributed by atoms with Gasteiger partial charge in [-0.15, -0.1) is 0 Å². The van der Waals surface area contributed by atoms with E-state index in [1.807, 2.05) is 18.5 Å². The van der Waals surface area contributed by atoms with E-state index in [2.05, 4.69) is 33.0 Å². The lowest BCUT2D eigenvalue weighted by Gasteiger charge is -2.30. The molecule has 5 nitrogen and oxygen atoms in total. The predicted octanol–water partition coefficient (Wildman–Crippen LogP) is 2.73. The zero-order valence-corrected chi connectivity index (χ0v) is 13.1. The van der Waals surface area contributed by atoms with Crippen molar-refractivity contribution >= 4 is 21.9 Å². The van der Waals surface area contributed by atoms with Crippen LogP contribution in [0.1, 0.15) is 54.8 Å². The first-order chi connectivity index (χ1) is 8.91. The molecule has 106 valence electrons. The molecule has 1 atom stereocenters. The number of carboxylic acids is 1. The number of hydrogen-bond acceptors (Lipinski definition) is 3. The summed E-state index contributed by atoms with van der Waals surface area (Å²) in [4.78, 5) is 13.5. The second kappa shape index (κ2) is 5.63. The van der Waals surface area contributed by atoms with Crippen LogP contribution in [0.5, 0.6) is 0 Å². The van der Waals surface area contributed by atoms with Crippen molar-refractivity contribution in [3.63, 3.8) is 0 Å². The van der Waals surface area contributed by atoms with Gasteiger partial charge in [0.05, 0.1) is 10.2 Å². The Bertz CT molecular complexity index is 484. The summed E-state index contributed by atoms with van der Waals surface area (Å²) in [5.41, 5.74) is 1.15. The maximum atomic E-state index is 11.2. The molecule has 19 heavy (non-hydrogen) atoms. The van der Waals surface area contributed by atoms with Gasteiger partial charge >= 0.3 is 5.97 Å². The van der Waals surface area contributed by atoms with Crippen LogP contribution in [0.3, 0.4) is 0 Å². The largest absolute Gasteiger partial charge is 0.476 e. The Kier molecular flexibility index (Phi) is 4.30. The molecule has 1 aromatic heterocycles. The molecule has 1 saturated heterocycles. The van der Waals surface area contributed by atoms with Crippen LogP contribution >= 0.6 is 15.9 Å². The van der Waals surface area contributed by atoms with Gasteiger partial charge in [0.2, 0.25) is 0 Å². The molecule has 0 spiro atoms. The number of halogens is 1. The number of carboxylic acid groups (broad SMARTS) is 1. The number of piperidine rings is 1. The molecule has 2 heterocycles. The molecule has 0 aliphatic carbocycles. The average Bonchev–Trinajstić information content (AvgIpc) is 2.67. The number of rotatable bonds is 3. The van der Waals surface area contributed by atoms with E-state index in [9.17, 15) is 9.90 Å². The maximum Gasteiger partial charge on any atom is 0.357 e. The van der Waals surface area contributed by atoms with E-state index in [1.54, 1.807) is 0 Å². The van der Waals surface area contributed by atoms with Gasteiger partial charge in [0.15, 0.2) is 5.69 Å². The molecule has 6 heteroatoms. The summed E-state index contributed by atoms with van der Waals surface area (Å²) in [6.45, 7) is 6.12. The highest BCUT2D eigenvalue weighted by Crippen LogP contribution is 2.35. The summed E-state index contributed by atoms with van der Waals surface area (Å²) in [5, 5.41) is 13.5. The quantitative estimate of drug-likeness (QED) is 0.926. The van der Waals surface area contributed by atoms with Crippen molar-refractivity contribution in [1.29, 1.82) is 0 Å². The van der Waals surface area contributed by atoms with E-state index in [0.29, 0.717) is 10.4 Å². The standard InChI is InChI=1S/C13H20BrN3O2/c1-8(2)17-12(9-5-4-6-16(3)7-9)10(14)11(15-17)13(18)19/h8-9H,4-7H2,1-3H3,(H,18,19). The minimum absolute atomic E-state index is 0.122. The molecule has 1 aliphatic heterocycles. The zero-order chi connectivity index (χ0) is 14.2. The average molecular weight is 330 g/mol. The molecule has 0 aromatic carbocycles. The topological polar surface area (TPSA) is 58.4 Å². The molecule has 1 aliphatic rings. The highest BCUT2D eigenvalue weighted by molar-refractivity contribution is 9.10. The smallest absolute Gasteiger partial charge is 0.357 e. The molecule has 0 saturated carbocycles. The van der Waals surface area contributed by atoms with Crippen molar-refractivity contribution in [1.82, 2.24) is 14.7 Å². The van der Waals surface area contributed by atoms with Crippen LogP contribution in [0.15, 0.2) is 4.47 Å². The summed E-state index contributed by atoms with van der Waals surface area (Å²) < 4.78 is 2.51. The van der Waals surface area contributed by atoms with Crippen LogP contribution in [0.4, 0.5) is 0 Å². The Balaban J connectivity index is 2.44. The number of aromatic carboxylic acids is 1. The van der Waals surface area contributed by atoms with Crippen LogP contribution in [0.25, 0.3) is 0 Å². The number of likely N-dealkylation sites (N-methyl/N-ethyl adjacent to an activating group) is 1. The predicted molar refractivity (Wildman–Crippen MR) is 76.7 cm³/mol. The van der Waals surface area contributed by atoms with Crippen molar-refractivity contribution < 1.29 is 9.90 Å². The zero-order valence-electron chi connectivity index (χ0n) is 11.6. The number of nitrogens with zero attached hydrogens (tertiary/aromatic N) is 3. The number of carbonyl (C=O) groups is 1. The number of hydrogen-bond donors (Lipinski definition) is 1. The molecule has 0 amide bonds. The van der Waals surface area contributed by atoms with Crippen LogP contribution in [0, 0.1) is 0 Å². The Labute approximate surface area is 121 Å². The maximum absolute atomic E-state index is 11.2. The van der Waals surface area contributed by atoms with E-state index in [4.69, 9.17) is 0 Å². The monoisotopic (exact) mass is 329 g/mol. The summed E-state index contributed by atoms with van der Waals surface area (Å²) >= 11 is 3.44. The first kappa shape index (κ1) is 14.5. The van der Waals surface area contributed by atoms with Gasteiger partial charge in [0.1, 0.15) is 0 Å². The van der Waals surface area contributed by atoms with E-state index >= 15 is 0 Å². The second-order valence-corrected chi connectivity index (χ2v) is 6.29. The summed E-state index contributed by atoms with van der Waals surface area (Å²) in [6, 6.07) is 0.159. The van der Waals surface area contributed by atoms with Crippen LogP contribution in [-0.2, 0) is 0 Å². The third kappa shape index (κ3) is 2.84. The Morgan fingerprint density at radius 1 is 1.53 bits per heavy atom. The molecule has 2 rings (SSSR count). The van der Waals surface area contributed by atoms with Crippen molar-refractivity contribution in [3.05, 3.63) is 15.9 Å². The SMILES string of the molecule is CC(C)n1nc(C(=O)O)c(Br)c1C1CCCN(C)C1. The van der Waals surface area contributed by atoms with Gasteiger partial charge in [0.25, 0.3) is 0 Å². The lowest BCUT2D eigenvalue weighted by Crippen LogP contribution is -2.32. The van der Waals surface area contributed by atoms with Gasteiger partial charge in [-0.2, -0.15) is 5.10 Å². The Hall–Kier alpha value is -0.880. The van der Waals surface area contributed by atoms with E-state index in [-0.39, 0.29) is 11.7 Å². The number of aromatic nitrogens is 2. The fraction of sp³-hybridized carbons (Fsp3) is 0.692. The van der Waals surface area contributed by atoms with E-state index in [1.165, 1.54) is 0 Å². The van der Waals surface area contributed by atoms with Gasteiger partial charge in [-0.1, -0.05) is 0 Å². The number of likely N-dealkylation sites (tertiary alicyclic amines) is 1. The third-order valence-corrected chi connectivity index (χ3v) is 4.37. The highest BCUT2D eigenvalue weighted by Gasteiger charge is 2.29. The van der Waals surface area contributed by atoms with Gasteiger partial charge < -0.3 is 10.0 Å². The minimum Gasteiger partial charge on any atom is -0.476 e. The van der Waals surface area contributed by atoms with Gasteiger partial charge in [-0.05, 0) is 56.2 Å². The lowest BCUT2D eigenvalue weighted by molar-refractivity contribution is 0.0688. The minimum atomic E-state index is -0.975. The first-order valence-corrected chi connectivity index (χ1v) is 7.40. The fourth-order valence-corrected chi connectivity index (χ4v) is 3.47. The van der Waals surface area contributed by atoms with E-state index in [0.717, 1.165) is 31.6 Å². The summed E-state index contributed by atoms with van der Waals surface area (Å²) in [6.07, 6.45) is 2.22. The summed E-state index contributed by atoms with van der Waals surface area (Å²) in [5.74, 6) is -0.632. The Morgan fingerprint density at radius 3 is 2.74 bits per heavy atom. The molecule has 1 aromatic rings. The fourth-order valence-electron chi connectivity index (χ4n) is 2.71. The van der Waals surface area contributed by atoms with Crippen molar-refractivity contribution in [2.75, 3.05) is 20.1 Å². The van der Waals surface area contributed by atoms with Gasteiger partial charge in [-0.25, -0.2) is 4.79 Å². The first-order valence-electron chi connectivity index (χ1n) is 6.61. The van der Waals surface area contributed by atoms with Crippen LogP contribution < -0.4 is 0 Å². The van der Waals surface area contributed by atoms with Gasteiger partial charge in [0, 0.05) is 18.5 Å². The van der Waals surface area contributed by atoms with Crippen molar-refractivity contribution in [2.45, 2.75) is 38.6 Å². The molecule has 0 radical (unpaired) electrons. The van der Waals surface area contributed by atoms with Crippen LogP contribution in [-0.4, -0.2) is 45.9 Å².